The summed E-state index contributed by atoms with van der Waals surface area (Å²) in [6.45, 7) is 2.25. The summed E-state index contributed by atoms with van der Waals surface area (Å²) in [5.74, 6) is 1.36. The zero-order chi connectivity index (χ0) is 19.6. The number of imidazole rings is 1. The molecule has 1 aliphatic rings. The van der Waals surface area contributed by atoms with Gasteiger partial charge in [0.05, 0.1) is 0 Å². The lowest BCUT2D eigenvalue weighted by Gasteiger charge is -2.32. The third-order valence-electron chi connectivity index (χ3n) is 5.68. The number of benzene rings is 1. The number of carbonyl (C=O) groups is 1. The highest BCUT2D eigenvalue weighted by Crippen LogP contribution is 2.27. The third kappa shape index (κ3) is 3.53. The second-order valence-electron chi connectivity index (χ2n) is 7.63. The highest BCUT2D eigenvalue weighted by Gasteiger charge is 2.28. The molecule has 1 atom stereocenters. The number of nitrogens with one attached hydrogen (secondary N) is 1. The maximum absolute atomic E-state index is 13.1. The van der Waals surface area contributed by atoms with Gasteiger partial charge in [-0.2, -0.15) is 0 Å². The Labute approximate surface area is 169 Å². The van der Waals surface area contributed by atoms with Crippen molar-refractivity contribution in [1.29, 1.82) is 0 Å². The predicted molar refractivity (Wildman–Crippen MR) is 112 cm³/mol. The number of H-pyrrole nitrogens is 1. The number of pyridine rings is 1. The fourth-order valence-electron chi connectivity index (χ4n) is 4.23. The van der Waals surface area contributed by atoms with Crippen LogP contribution in [-0.4, -0.2) is 43.4 Å². The zero-order valence-electron chi connectivity index (χ0n) is 16.2. The summed E-state index contributed by atoms with van der Waals surface area (Å²) >= 11 is 0. The summed E-state index contributed by atoms with van der Waals surface area (Å²) in [5, 5.41) is 1.07. The Morgan fingerprint density at radius 2 is 2.00 bits per heavy atom. The standard InChI is InChI=1S/C23H23N5O/c29-23(21-14-18-4-1-2-6-20(18)26-21)28-12-3-5-19(16-28)22-25-11-13-27(22)15-17-7-9-24-10-8-17/h1-2,4,6-11,13-14,19,26H,3,5,12,15-16H2. The van der Waals surface area contributed by atoms with Gasteiger partial charge in [-0.05, 0) is 42.7 Å². The SMILES string of the molecule is O=C(c1cc2ccccc2[nH]1)N1CCCC(c2nccn2Cc2ccncc2)C1. The average Bonchev–Trinajstić information content (AvgIpc) is 3.41. The van der Waals surface area contributed by atoms with E-state index in [9.17, 15) is 4.79 Å². The number of nitrogens with zero attached hydrogens (tertiary/aromatic N) is 4. The Hall–Kier alpha value is -3.41. The largest absolute Gasteiger partial charge is 0.351 e. The van der Waals surface area contributed by atoms with E-state index in [1.165, 1.54) is 5.56 Å². The van der Waals surface area contributed by atoms with Crippen LogP contribution in [0.5, 0.6) is 0 Å². The van der Waals surface area contributed by atoms with Crippen molar-refractivity contribution in [2.24, 2.45) is 0 Å². The van der Waals surface area contributed by atoms with Crippen LogP contribution in [0.2, 0.25) is 0 Å². The fourth-order valence-corrected chi connectivity index (χ4v) is 4.23. The van der Waals surface area contributed by atoms with E-state index in [1.807, 2.05) is 72.2 Å². The van der Waals surface area contributed by atoms with Crippen molar-refractivity contribution >= 4 is 16.8 Å². The van der Waals surface area contributed by atoms with E-state index < -0.39 is 0 Å². The molecule has 1 fully saturated rings. The predicted octanol–water partition coefficient (Wildman–Crippen LogP) is 3.83. The van der Waals surface area contributed by atoms with Crippen LogP contribution >= 0.6 is 0 Å². The Morgan fingerprint density at radius 3 is 2.86 bits per heavy atom. The number of para-hydroxylation sites is 1. The Kier molecular flexibility index (Phi) is 4.60. The molecule has 6 nitrogen and oxygen atoms in total. The number of aromatic nitrogens is 4. The quantitative estimate of drug-likeness (QED) is 0.581. The first kappa shape index (κ1) is 17.7. The molecule has 1 aliphatic heterocycles. The van der Waals surface area contributed by atoms with Gasteiger partial charge in [-0.25, -0.2) is 4.98 Å². The monoisotopic (exact) mass is 385 g/mol. The van der Waals surface area contributed by atoms with Gasteiger partial charge >= 0.3 is 0 Å². The Balaban J connectivity index is 1.34. The molecular weight excluding hydrogens is 362 g/mol. The molecule has 146 valence electrons. The molecule has 1 unspecified atom stereocenters. The minimum atomic E-state index is 0.0677. The van der Waals surface area contributed by atoms with Crippen LogP contribution in [0.1, 0.15) is 40.6 Å². The van der Waals surface area contributed by atoms with Gasteiger partial charge in [-0.3, -0.25) is 9.78 Å². The number of carbonyl (C=O) groups excluding carboxylic acids is 1. The summed E-state index contributed by atoms with van der Waals surface area (Å²) in [7, 11) is 0. The number of rotatable bonds is 4. The van der Waals surface area contributed by atoms with E-state index in [0.29, 0.717) is 12.2 Å². The minimum Gasteiger partial charge on any atom is -0.351 e. The highest BCUT2D eigenvalue weighted by molar-refractivity contribution is 5.98. The van der Waals surface area contributed by atoms with Gasteiger partial charge in [0.15, 0.2) is 0 Å². The highest BCUT2D eigenvalue weighted by atomic mass is 16.2. The third-order valence-corrected chi connectivity index (χ3v) is 5.68. The van der Waals surface area contributed by atoms with Crippen molar-refractivity contribution in [2.45, 2.75) is 25.3 Å². The number of hydrogen-bond donors (Lipinski definition) is 1. The summed E-state index contributed by atoms with van der Waals surface area (Å²) in [6.07, 6.45) is 9.53. The number of hydrogen-bond acceptors (Lipinski definition) is 3. The zero-order valence-corrected chi connectivity index (χ0v) is 16.2. The molecule has 0 spiro atoms. The minimum absolute atomic E-state index is 0.0677. The topological polar surface area (TPSA) is 66.8 Å². The van der Waals surface area contributed by atoms with Crippen molar-refractivity contribution in [3.05, 3.63) is 84.3 Å². The van der Waals surface area contributed by atoms with Crippen LogP contribution in [0.4, 0.5) is 0 Å². The normalized spacial score (nSPS) is 17.0. The van der Waals surface area contributed by atoms with Crippen molar-refractivity contribution in [2.75, 3.05) is 13.1 Å². The van der Waals surface area contributed by atoms with Crippen molar-refractivity contribution in [1.82, 2.24) is 24.4 Å². The van der Waals surface area contributed by atoms with Gasteiger partial charge in [0.25, 0.3) is 5.91 Å². The maximum Gasteiger partial charge on any atom is 0.270 e. The first-order valence-corrected chi connectivity index (χ1v) is 10.0. The van der Waals surface area contributed by atoms with Crippen LogP contribution in [0.3, 0.4) is 0 Å². The number of amides is 1. The lowest BCUT2D eigenvalue weighted by molar-refractivity contribution is 0.0698. The van der Waals surface area contributed by atoms with Crippen molar-refractivity contribution in [3.8, 4) is 0 Å². The van der Waals surface area contributed by atoms with E-state index in [0.717, 1.165) is 42.7 Å². The molecule has 0 saturated carbocycles. The summed E-state index contributed by atoms with van der Waals surface area (Å²) in [4.78, 5) is 27.1. The van der Waals surface area contributed by atoms with Gasteiger partial charge in [-0.1, -0.05) is 18.2 Å². The summed E-state index contributed by atoms with van der Waals surface area (Å²) < 4.78 is 2.19. The van der Waals surface area contributed by atoms with E-state index in [1.54, 1.807) is 0 Å². The lowest BCUT2D eigenvalue weighted by Crippen LogP contribution is -2.40. The maximum atomic E-state index is 13.1. The van der Waals surface area contributed by atoms with Crippen LogP contribution < -0.4 is 0 Å². The smallest absolute Gasteiger partial charge is 0.270 e. The molecular formula is C23H23N5O. The van der Waals surface area contributed by atoms with Crippen LogP contribution in [0.15, 0.2) is 67.3 Å². The second-order valence-corrected chi connectivity index (χ2v) is 7.63. The molecule has 4 aromatic rings. The van der Waals surface area contributed by atoms with Crippen LogP contribution in [0, 0.1) is 0 Å². The van der Waals surface area contributed by atoms with Gasteiger partial charge in [-0.15, -0.1) is 0 Å². The molecule has 4 heterocycles. The summed E-state index contributed by atoms with van der Waals surface area (Å²) in [6, 6.07) is 14.0. The molecule has 1 amide bonds. The molecule has 3 aromatic heterocycles. The van der Waals surface area contributed by atoms with E-state index in [4.69, 9.17) is 0 Å². The van der Waals surface area contributed by atoms with Gasteiger partial charge in [0.2, 0.25) is 0 Å². The molecule has 29 heavy (non-hydrogen) atoms. The molecule has 1 N–H and O–H groups in total. The van der Waals surface area contributed by atoms with E-state index >= 15 is 0 Å². The van der Waals surface area contributed by atoms with Crippen LogP contribution in [-0.2, 0) is 6.54 Å². The van der Waals surface area contributed by atoms with Crippen LogP contribution in [0.25, 0.3) is 10.9 Å². The van der Waals surface area contributed by atoms with E-state index in [2.05, 4.69) is 19.5 Å². The van der Waals surface area contributed by atoms with Crippen molar-refractivity contribution in [3.63, 3.8) is 0 Å². The van der Waals surface area contributed by atoms with Gasteiger partial charge in [0.1, 0.15) is 11.5 Å². The summed E-state index contributed by atoms with van der Waals surface area (Å²) in [5.41, 5.74) is 2.85. The number of fused-ring (bicyclic) bond motifs is 1. The number of aromatic amines is 1. The number of piperidine rings is 1. The molecule has 0 aliphatic carbocycles. The molecule has 6 heteroatoms. The fraction of sp³-hybridized carbons (Fsp3) is 0.261. The first-order chi connectivity index (χ1) is 14.3. The van der Waals surface area contributed by atoms with E-state index in [-0.39, 0.29) is 11.8 Å². The molecule has 5 rings (SSSR count). The lowest BCUT2D eigenvalue weighted by atomic mass is 9.96. The molecule has 0 radical (unpaired) electrons. The second kappa shape index (κ2) is 7.54. The molecule has 0 bridgehead atoms. The average molecular weight is 385 g/mol. The number of likely N-dealkylation sites (tertiary alicyclic amines) is 1. The van der Waals surface area contributed by atoms with Gasteiger partial charge in [0, 0.05) is 61.2 Å². The molecule has 1 saturated heterocycles. The first-order valence-electron chi connectivity index (χ1n) is 10.0. The molecule has 1 aromatic carbocycles. The Bertz CT molecular complexity index is 1100. The Morgan fingerprint density at radius 1 is 1.14 bits per heavy atom. The van der Waals surface area contributed by atoms with Crippen molar-refractivity contribution < 1.29 is 4.79 Å². The van der Waals surface area contributed by atoms with Gasteiger partial charge < -0.3 is 14.5 Å².